The maximum absolute atomic E-state index is 12.5. The van der Waals surface area contributed by atoms with Crippen molar-refractivity contribution in [1.82, 2.24) is 15.0 Å². The lowest BCUT2D eigenvalue weighted by atomic mass is 10.1. The maximum atomic E-state index is 12.5. The third-order valence-electron chi connectivity index (χ3n) is 4.60. The molecule has 13 heteroatoms. The zero-order chi connectivity index (χ0) is 26.1. The number of anilines is 3. The van der Waals surface area contributed by atoms with Crippen LogP contribution in [0.4, 0.5) is 40.3 Å². The standard InChI is InChI=1S/C23H17N7O.BF4/c1-15-4-7-19(27-22(31)16-5-8-18(30-24)9-6-16)13-21(15)29-23-26-12-10-20(28-23)17-3-2-11-25-14-17;2-1(3,4)5/h2-14H,1H3,(H-,26,27,28,29,31);/q;-1/p+1. The van der Waals surface area contributed by atoms with Crippen LogP contribution >= 0.6 is 0 Å². The number of carbonyl (C=O) groups is 1. The monoisotopic (exact) mass is 495 g/mol. The van der Waals surface area contributed by atoms with Crippen molar-refractivity contribution in [1.29, 1.82) is 5.39 Å². The molecular formula is C23H18BF4N7O. The van der Waals surface area contributed by atoms with E-state index in [2.05, 4.69) is 30.6 Å². The van der Waals surface area contributed by atoms with Gasteiger partial charge in [0.1, 0.15) is 0 Å². The van der Waals surface area contributed by atoms with Crippen molar-refractivity contribution in [3.05, 3.63) is 95.4 Å². The minimum atomic E-state index is -6.00. The number of aryl methyl sites for hydroxylation is 1. The van der Waals surface area contributed by atoms with Gasteiger partial charge < -0.3 is 27.9 Å². The molecule has 0 spiro atoms. The Kier molecular flexibility index (Phi) is 8.24. The first-order valence-electron chi connectivity index (χ1n) is 10.4. The fraction of sp³-hybridized carbons (Fsp3) is 0.0435. The van der Waals surface area contributed by atoms with E-state index in [1.165, 1.54) is 0 Å². The summed E-state index contributed by atoms with van der Waals surface area (Å²) in [5.41, 5.74) is 4.86. The van der Waals surface area contributed by atoms with Crippen LogP contribution in [0.25, 0.3) is 16.2 Å². The van der Waals surface area contributed by atoms with Gasteiger partial charge in [-0.3, -0.25) is 9.78 Å². The lowest BCUT2D eigenvalue weighted by molar-refractivity contribution is 0.102. The molecule has 8 nitrogen and oxygen atoms in total. The van der Waals surface area contributed by atoms with Gasteiger partial charge in [-0.2, -0.15) is 0 Å². The second-order valence-corrected chi connectivity index (χ2v) is 7.26. The summed E-state index contributed by atoms with van der Waals surface area (Å²) in [5, 5.41) is 14.8. The van der Waals surface area contributed by atoms with Crippen LogP contribution in [0.3, 0.4) is 0 Å². The smallest absolute Gasteiger partial charge is 0.418 e. The van der Waals surface area contributed by atoms with Gasteiger partial charge in [-0.1, -0.05) is 6.07 Å². The molecule has 182 valence electrons. The third kappa shape index (κ3) is 7.87. The average molecular weight is 495 g/mol. The number of carbonyl (C=O) groups excluding carboxylic acids is 1. The predicted octanol–water partition coefficient (Wildman–Crippen LogP) is 6.63. The quantitative estimate of drug-likeness (QED) is 0.183. The van der Waals surface area contributed by atoms with Gasteiger partial charge in [0, 0.05) is 53.2 Å². The number of nitrogens with one attached hydrogen (secondary N) is 2. The van der Waals surface area contributed by atoms with Crippen molar-refractivity contribution in [3.63, 3.8) is 0 Å². The largest absolute Gasteiger partial charge is 0.673 e. The molecule has 36 heavy (non-hydrogen) atoms. The molecule has 0 fully saturated rings. The normalized spacial score (nSPS) is 10.4. The van der Waals surface area contributed by atoms with E-state index in [4.69, 9.17) is 5.39 Å². The summed E-state index contributed by atoms with van der Waals surface area (Å²) in [6, 6.07) is 17.5. The Balaban J connectivity index is 0.000000658. The molecule has 0 saturated carbocycles. The highest BCUT2D eigenvalue weighted by Gasteiger charge is 2.20. The number of rotatable bonds is 5. The van der Waals surface area contributed by atoms with Crippen LogP contribution in [0.1, 0.15) is 15.9 Å². The number of nitrogens with zero attached hydrogens (tertiary/aromatic N) is 5. The van der Waals surface area contributed by atoms with Crippen LogP contribution in [0.15, 0.2) is 79.3 Å². The molecule has 0 aliphatic carbocycles. The zero-order valence-corrected chi connectivity index (χ0v) is 18.7. The molecule has 0 aliphatic heterocycles. The van der Waals surface area contributed by atoms with Gasteiger partial charge in [0.05, 0.1) is 5.69 Å². The molecule has 2 aromatic carbocycles. The highest BCUT2D eigenvalue weighted by Crippen LogP contribution is 2.25. The number of benzene rings is 2. The number of pyridine rings is 1. The molecule has 1 amide bonds. The third-order valence-corrected chi connectivity index (χ3v) is 4.60. The lowest BCUT2D eigenvalue weighted by Crippen LogP contribution is -2.12. The first-order chi connectivity index (χ1) is 17.1. The van der Waals surface area contributed by atoms with Crippen molar-refractivity contribution < 1.29 is 22.1 Å². The predicted molar refractivity (Wildman–Crippen MR) is 129 cm³/mol. The molecule has 4 rings (SSSR count). The summed E-state index contributed by atoms with van der Waals surface area (Å²) >= 11 is 0. The van der Waals surface area contributed by atoms with Gasteiger partial charge in [-0.05, 0) is 55.0 Å². The van der Waals surface area contributed by atoms with E-state index >= 15 is 0 Å². The van der Waals surface area contributed by atoms with Gasteiger partial charge in [-0.15, -0.1) is 0 Å². The summed E-state index contributed by atoms with van der Waals surface area (Å²) in [7, 11) is -6.00. The van der Waals surface area contributed by atoms with Gasteiger partial charge in [-0.25, -0.2) is 9.97 Å². The Morgan fingerprint density at radius 3 is 2.36 bits per heavy atom. The summed E-state index contributed by atoms with van der Waals surface area (Å²) < 4.78 is 39.0. The number of hydrogen-bond donors (Lipinski definition) is 2. The number of hydrogen-bond acceptors (Lipinski definition) is 6. The van der Waals surface area contributed by atoms with E-state index < -0.39 is 7.25 Å². The van der Waals surface area contributed by atoms with Crippen LogP contribution < -0.4 is 10.6 Å². The van der Waals surface area contributed by atoms with Gasteiger partial charge in [0.15, 0.2) is 4.98 Å². The zero-order valence-electron chi connectivity index (χ0n) is 18.7. The van der Waals surface area contributed by atoms with Crippen molar-refractivity contribution in [2.24, 2.45) is 0 Å². The molecule has 2 aromatic heterocycles. The number of aromatic nitrogens is 3. The Bertz CT molecular complexity index is 1370. The van der Waals surface area contributed by atoms with E-state index in [1.54, 1.807) is 42.9 Å². The molecule has 0 aliphatic rings. The summed E-state index contributed by atoms with van der Waals surface area (Å²) in [6.07, 6.45) is 5.14. The van der Waals surface area contributed by atoms with E-state index in [0.29, 0.717) is 22.9 Å². The van der Waals surface area contributed by atoms with Crippen LogP contribution in [-0.4, -0.2) is 28.1 Å². The van der Waals surface area contributed by atoms with Crippen LogP contribution in [0.2, 0.25) is 0 Å². The molecule has 0 saturated heterocycles. The maximum Gasteiger partial charge on any atom is 0.673 e. The van der Waals surface area contributed by atoms with Crippen molar-refractivity contribution in [3.8, 4) is 11.3 Å². The van der Waals surface area contributed by atoms with Crippen molar-refractivity contribution >= 4 is 36.2 Å². The van der Waals surface area contributed by atoms with Crippen molar-refractivity contribution in [2.75, 3.05) is 10.6 Å². The minimum absolute atomic E-state index is 0.269. The molecule has 4 aromatic rings. The topological polar surface area (TPSA) is 108 Å². The Morgan fingerprint density at radius 2 is 1.72 bits per heavy atom. The Hall–Kier alpha value is -4.86. The Labute approximate surface area is 203 Å². The van der Waals surface area contributed by atoms with Crippen LogP contribution in [0, 0.1) is 12.3 Å². The highest BCUT2D eigenvalue weighted by atomic mass is 19.5. The summed E-state index contributed by atoms with van der Waals surface area (Å²) in [6.45, 7) is 1.95. The molecule has 2 N–H and O–H groups in total. The molecule has 0 radical (unpaired) electrons. The second kappa shape index (κ2) is 11.5. The molecule has 0 unspecified atom stereocenters. The fourth-order valence-corrected chi connectivity index (χ4v) is 2.93. The Morgan fingerprint density at radius 1 is 1.00 bits per heavy atom. The first kappa shape index (κ1) is 25.8. The number of diazo groups is 1. The summed E-state index contributed by atoms with van der Waals surface area (Å²) in [5.74, 6) is 0.172. The lowest BCUT2D eigenvalue weighted by Gasteiger charge is -2.12. The second-order valence-electron chi connectivity index (χ2n) is 7.26. The molecule has 0 atom stereocenters. The van der Waals surface area contributed by atoms with Crippen LogP contribution in [-0.2, 0) is 0 Å². The van der Waals surface area contributed by atoms with Crippen molar-refractivity contribution in [2.45, 2.75) is 6.92 Å². The molecular weight excluding hydrogens is 477 g/mol. The number of halogens is 4. The van der Waals surface area contributed by atoms with Gasteiger partial charge in [0.25, 0.3) is 5.91 Å². The van der Waals surface area contributed by atoms with E-state index in [9.17, 15) is 22.1 Å². The summed E-state index contributed by atoms with van der Waals surface area (Å²) in [4.78, 5) is 28.6. The molecule has 0 bridgehead atoms. The fourth-order valence-electron chi connectivity index (χ4n) is 2.93. The molecule has 2 heterocycles. The average Bonchev–Trinajstić information content (AvgIpc) is 2.86. The minimum Gasteiger partial charge on any atom is -0.418 e. The van der Waals surface area contributed by atoms with E-state index in [1.807, 2.05) is 43.3 Å². The number of amides is 1. The van der Waals surface area contributed by atoms with E-state index in [0.717, 1.165) is 22.5 Å². The first-order valence-corrected chi connectivity index (χ1v) is 10.4. The van der Waals surface area contributed by atoms with Gasteiger partial charge >= 0.3 is 12.9 Å². The van der Waals surface area contributed by atoms with Gasteiger partial charge in [0.2, 0.25) is 11.3 Å². The van der Waals surface area contributed by atoms with E-state index in [-0.39, 0.29) is 5.91 Å². The highest BCUT2D eigenvalue weighted by molar-refractivity contribution is 6.50. The van der Waals surface area contributed by atoms with Crippen LogP contribution in [0.5, 0.6) is 0 Å². The SMILES string of the molecule is Cc1ccc(NC(=O)c2ccc([N+]#N)cc2)cc1Nc1nccc(-c2cccnc2)n1.F[B-](F)(F)F.